The lowest BCUT2D eigenvalue weighted by Crippen LogP contribution is -2.36. The number of Topliss-reactive ketones (excluding diaryl/α,β-unsaturated/α-hetero) is 1. The zero-order chi connectivity index (χ0) is 25.6. The number of amides is 2. The topological polar surface area (TPSA) is 113 Å². The highest BCUT2D eigenvalue weighted by Gasteiger charge is 2.29. The molecule has 0 unspecified atom stereocenters. The SMILES string of the molecule is COc1nc2[nH]cc(C(=O)C(=O)N(C)C)c2cc1C(=O)N1CCc2c(cnn2-c2ccccc2Cl)C1. The van der Waals surface area contributed by atoms with Gasteiger partial charge in [-0.05, 0) is 18.2 Å². The van der Waals surface area contributed by atoms with E-state index in [1.807, 2.05) is 28.9 Å². The first-order valence-corrected chi connectivity index (χ1v) is 11.6. The third kappa shape index (κ3) is 3.89. The largest absolute Gasteiger partial charge is 0.480 e. The van der Waals surface area contributed by atoms with Gasteiger partial charge in [0.15, 0.2) is 0 Å². The minimum atomic E-state index is -0.689. The molecule has 1 aromatic carbocycles. The van der Waals surface area contributed by atoms with Crippen molar-refractivity contribution < 1.29 is 19.1 Å². The van der Waals surface area contributed by atoms with E-state index in [2.05, 4.69) is 15.1 Å². The molecule has 11 heteroatoms. The molecule has 0 radical (unpaired) electrons. The first kappa shape index (κ1) is 23.6. The van der Waals surface area contributed by atoms with Gasteiger partial charge in [0.1, 0.15) is 11.2 Å². The summed E-state index contributed by atoms with van der Waals surface area (Å²) in [7, 11) is 4.44. The minimum Gasteiger partial charge on any atom is -0.480 e. The Morgan fingerprint density at radius 2 is 1.94 bits per heavy atom. The molecule has 1 aliphatic heterocycles. The molecule has 4 heterocycles. The van der Waals surface area contributed by atoms with Crippen LogP contribution >= 0.6 is 11.6 Å². The fourth-order valence-corrected chi connectivity index (χ4v) is 4.57. The summed E-state index contributed by atoms with van der Waals surface area (Å²) >= 11 is 6.36. The van der Waals surface area contributed by atoms with Crippen LogP contribution in [0.1, 0.15) is 32.0 Å². The van der Waals surface area contributed by atoms with Gasteiger partial charge in [0.05, 0.1) is 35.3 Å². The van der Waals surface area contributed by atoms with Crippen LogP contribution in [0.5, 0.6) is 5.88 Å². The zero-order valence-electron chi connectivity index (χ0n) is 19.9. The molecule has 4 aromatic rings. The van der Waals surface area contributed by atoms with Gasteiger partial charge in [-0.2, -0.15) is 10.1 Å². The summed E-state index contributed by atoms with van der Waals surface area (Å²) in [5, 5.41) is 5.48. The number of nitrogens with one attached hydrogen (secondary N) is 1. The predicted octanol–water partition coefficient (Wildman–Crippen LogP) is 2.88. The first-order chi connectivity index (χ1) is 17.3. The van der Waals surface area contributed by atoms with Crippen molar-refractivity contribution >= 4 is 40.2 Å². The quantitative estimate of drug-likeness (QED) is 0.329. The number of halogens is 1. The van der Waals surface area contributed by atoms with E-state index in [1.54, 1.807) is 17.2 Å². The Morgan fingerprint density at radius 3 is 2.67 bits per heavy atom. The van der Waals surface area contributed by atoms with E-state index in [0.29, 0.717) is 35.6 Å². The highest BCUT2D eigenvalue weighted by atomic mass is 35.5. The van der Waals surface area contributed by atoms with E-state index in [9.17, 15) is 14.4 Å². The number of ether oxygens (including phenoxy) is 1. The van der Waals surface area contributed by atoms with Crippen molar-refractivity contribution in [2.24, 2.45) is 0 Å². The van der Waals surface area contributed by atoms with Gasteiger partial charge in [-0.15, -0.1) is 0 Å². The average molecular weight is 507 g/mol. The molecule has 0 spiro atoms. The lowest BCUT2D eigenvalue weighted by molar-refractivity contribution is -0.124. The summed E-state index contributed by atoms with van der Waals surface area (Å²) in [6.07, 6.45) is 3.74. The fourth-order valence-electron chi connectivity index (χ4n) is 4.35. The van der Waals surface area contributed by atoms with Crippen molar-refractivity contribution in [3.63, 3.8) is 0 Å². The molecule has 0 saturated heterocycles. The van der Waals surface area contributed by atoms with E-state index in [-0.39, 0.29) is 22.9 Å². The Balaban J connectivity index is 1.47. The summed E-state index contributed by atoms with van der Waals surface area (Å²) in [4.78, 5) is 48.7. The molecule has 5 rings (SSSR count). The van der Waals surface area contributed by atoms with Crippen LogP contribution in [-0.4, -0.2) is 74.9 Å². The third-order valence-corrected chi connectivity index (χ3v) is 6.52. The van der Waals surface area contributed by atoms with Crippen molar-refractivity contribution in [2.75, 3.05) is 27.7 Å². The number of hydrogen-bond donors (Lipinski definition) is 1. The van der Waals surface area contributed by atoms with Crippen LogP contribution in [0.3, 0.4) is 0 Å². The van der Waals surface area contributed by atoms with E-state index in [0.717, 1.165) is 16.9 Å². The van der Waals surface area contributed by atoms with Crippen LogP contribution in [0.4, 0.5) is 0 Å². The molecule has 0 bridgehead atoms. The molecule has 1 aliphatic rings. The number of ketones is 1. The Labute approximate surface area is 211 Å². The molecule has 0 fully saturated rings. The van der Waals surface area contributed by atoms with Crippen LogP contribution in [0.15, 0.2) is 42.7 Å². The molecule has 10 nitrogen and oxygen atoms in total. The lowest BCUT2D eigenvalue weighted by atomic mass is 10.0. The second-order valence-corrected chi connectivity index (χ2v) is 9.04. The van der Waals surface area contributed by atoms with Gasteiger partial charge in [0.25, 0.3) is 17.6 Å². The van der Waals surface area contributed by atoms with E-state index in [1.165, 1.54) is 32.3 Å². The van der Waals surface area contributed by atoms with Gasteiger partial charge >= 0.3 is 0 Å². The summed E-state index contributed by atoms with van der Waals surface area (Å²) in [6, 6.07) is 9.02. The number of carbonyl (C=O) groups excluding carboxylic acids is 3. The Hall–Kier alpha value is -4.18. The Kier molecular flexibility index (Phi) is 5.97. The molecule has 3 aromatic heterocycles. The van der Waals surface area contributed by atoms with E-state index in [4.69, 9.17) is 16.3 Å². The average Bonchev–Trinajstić information content (AvgIpc) is 3.50. The third-order valence-electron chi connectivity index (χ3n) is 6.20. The highest BCUT2D eigenvalue weighted by molar-refractivity contribution is 6.44. The molecular formula is C25H23ClN6O4. The maximum Gasteiger partial charge on any atom is 0.294 e. The van der Waals surface area contributed by atoms with Crippen molar-refractivity contribution in [1.29, 1.82) is 0 Å². The number of rotatable bonds is 5. The number of pyridine rings is 1. The number of benzene rings is 1. The van der Waals surface area contributed by atoms with Crippen molar-refractivity contribution in [3.8, 4) is 11.6 Å². The number of carbonyl (C=O) groups is 3. The number of hydrogen-bond acceptors (Lipinski definition) is 6. The maximum atomic E-state index is 13.6. The number of aromatic amines is 1. The molecular weight excluding hydrogens is 484 g/mol. The van der Waals surface area contributed by atoms with Crippen molar-refractivity contribution in [3.05, 3.63) is 70.1 Å². The lowest BCUT2D eigenvalue weighted by Gasteiger charge is -2.28. The number of nitrogens with zero attached hydrogens (tertiary/aromatic N) is 5. The Bertz CT molecular complexity index is 1520. The molecule has 0 saturated carbocycles. The number of fused-ring (bicyclic) bond motifs is 2. The summed E-state index contributed by atoms with van der Waals surface area (Å²) in [5.41, 5.74) is 3.39. The number of H-pyrrole nitrogens is 1. The molecule has 0 atom stereocenters. The van der Waals surface area contributed by atoms with E-state index >= 15 is 0 Å². The standard InChI is InChI=1S/C25H23ClN6O4/c1-30(2)25(35)21(33)17-12-27-22-15(17)10-16(23(29-22)36-3)24(34)31-9-8-19-14(13-31)11-28-32(19)20-7-5-4-6-18(20)26/h4-7,10-12H,8-9,13H2,1-3H3,(H,27,29). The van der Waals surface area contributed by atoms with Gasteiger partial charge in [-0.1, -0.05) is 23.7 Å². The first-order valence-electron chi connectivity index (χ1n) is 11.2. The Morgan fingerprint density at radius 1 is 1.17 bits per heavy atom. The predicted molar refractivity (Wildman–Crippen MR) is 133 cm³/mol. The molecule has 36 heavy (non-hydrogen) atoms. The maximum absolute atomic E-state index is 13.6. The van der Waals surface area contributed by atoms with E-state index < -0.39 is 11.7 Å². The van der Waals surface area contributed by atoms with Gasteiger partial charge < -0.3 is 19.5 Å². The van der Waals surface area contributed by atoms with Gasteiger partial charge in [0, 0.05) is 50.8 Å². The second-order valence-electron chi connectivity index (χ2n) is 8.63. The second kappa shape index (κ2) is 9.12. The van der Waals surface area contributed by atoms with Gasteiger partial charge in [-0.25, -0.2) is 4.68 Å². The van der Waals surface area contributed by atoms with Crippen LogP contribution < -0.4 is 4.74 Å². The van der Waals surface area contributed by atoms with Crippen molar-refractivity contribution in [2.45, 2.75) is 13.0 Å². The van der Waals surface area contributed by atoms with Gasteiger partial charge in [-0.3, -0.25) is 14.4 Å². The smallest absolute Gasteiger partial charge is 0.294 e. The number of aromatic nitrogens is 4. The number of likely N-dealkylation sites (N-methyl/N-ethyl adjacent to an activating group) is 1. The van der Waals surface area contributed by atoms with Gasteiger partial charge in [0.2, 0.25) is 5.88 Å². The van der Waals surface area contributed by atoms with Crippen LogP contribution in [-0.2, 0) is 17.8 Å². The normalized spacial score (nSPS) is 12.9. The monoisotopic (exact) mass is 506 g/mol. The van der Waals surface area contributed by atoms with Crippen molar-refractivity contribution in [1.82, 2.24) is 29.5 Å². The molecule has 0 aliphatic carbocycles. The number of methoxy groups -OCH3 is 1. The zero-order valence-corrected chi connectivity index (χ0v) is 20.7. The van der Waals surface area contributed by atoms with Crippen LogP contribution in [0.25, 0.3) is 16.7 Å². The summed E-state index contributed by atoms with van der Waals surface area (Å²) in [6.45, 7) is 0.791. The summed E-state index contributed by atoms with van der Waals surface area (Å²) < 4.78 is 7.21. The number of para-hydroxylation sites is 1. The van der Waals surface area contributed by atoms with Crippen LogP contribution in [0, 0.1) is 0 Å². The molecule has 184 valence electrons. The van der Waals surface area contributed by atoms with Crippen LogP contribution in [0.2, 0.25) is 5.02 Å². The highest BCUT2D eigenvalue weighted by Crippen LogP contribution is 2.30. The minimum absolute atomic E-state index is 0.129. The molecule has 1 N–H and O–H groups in total. The fraction of sp³-hybridized carbons (Fsp3) is 0.240. The molecule has 2 amide bonds. The summed E-state index contributed by atoms with van der Waals surface area (Å²) in [5.74, 6) is -1.52.